The summed E-state index contributed by atoms with van der Waals surface area (Å²) in [6.45, 7) is 1.62. The van der Waals surface area contributed by atoms with E-state index in [1.165, 1.54) is 6.07 Å². The molecule has 0 fully saturated rings. The molecule has 0 bridgehead atoms. The second-order valence-corrected chi connectivity index (χ2v) is 2.07. The molecule has 0 aliphatic rings. The molecule has 0 aliphatic carbocycles. The lowest BCUT2D eigenvalue weighted by Gasteiger charge is -1.94. The predicted octanol–water partition coefficient (Wildman–Crippen LogP) is 1.00. The highest BCUT2D eigenvalue weighted by molar-refractivity contribution is 5.43. The van der Waals surface area contributed by atoms with E-state index in [2.05, 4.69) is 4.98 Å². The summed E-state index contributed by atoms with van der Waals surface area (Å²) < 4.78 is 0. The van der Waals surface area contributed by atoms with Crippen molar-refractivity contribution in [2.45, 2.75) is 6.92 Å². The number of nitrogens with zero attached hydrogens (tertiary/aromatic N) is 2. The molecule has 0 unspecified atom stereocenters. The van der Waals surface area contributed by atoms with Gasteiger partial charge in [0.2, 0.25) is 5.75 Å². The van der Waals surface area contributed by atoms with Crippen LogP contribution in [0.3, 0.4) is 0 Å². The minimum atomic E-state index is -0.649. The number of nitro groups is 1. The molecule has 0 amide bonds. The Kier molecular flexibility index (Phi) is 1.72. The number of pyridine rings is 1. The first-order valence-corrected chi connectivity index (χ1v) is 2.91. The van der Waals surface area contributed by atoms with Crippen LogP contribution in [0.5, 0.6) is 5.75 Å². The Morgan fingerprint density at radius 3 is 2.82 bits per heavy atom. The second kappa shape index (κ2) is 2.53. The van der Waals surface area contributed by atoms with Crippen LogP contribution < -0.4 is 0 Å². The smallest absolute Gasteiger partial charge is 0.314 e. The number of hydrogen-bond acceptors (Lipinski definition) is 4. The van der Waals surface area contributed by atoms with E-state index in [0.29, 0.717) is 5.69 Å². The fraction of sp³-hybridized carbons (Fsp3) is 0.167. The zero-order valence-electron chi connectivity index (χ0n) is 5.81. The van der Waals surface area contributed by atoms with Gasteiger partial charge in [0.05, 0.1) is 11.1 Å². The summed E-state index contributed by atoms with van der Waals surface area (Å²) in [6.07, 6.45) is 1.06. The van der Waals surface area contributed by atoms with Crippen molar-refractivity contribution >= 4 is 5.69 Å². The standard InChI is InChI=1S/C6H6N2O3/c1-4-2-5(8(10)11)6(9)3-7-4/h2-3,9H,1H3. The van der Waals surface area contributed by atoms with Gasteiger partial charge in [0, 0.05) is 11.8 Å². The third kappa shape index (κ3) is 1.43. The van der Waals surface area contributed by atoms with Crippen LogP contribution in [0.25, 0.3) is 0 Å². The Morgan fingerprint density at radius 1 is 1.73 bits per heavy atom. The summed E-state index contributed by atoms with van der Waals surface area (Å²) in [4.78, 5) is 13.2. The summed E-state index contributed by atoms with van der Waals surface area (Å²) in [5.41, 5.74) is 0.201. The quantitative estimate of drug-likeness (QED) is 0.483. The Hall–Kier alpha value is -1.65. The van der Waals surface area contributed by atoms with Crippen molar-refractivity contribution in [2.24, 2.45) is 0 Å². The van der Waals surface area contributed by atoms with Crippen LogP contribution in [0.1, 0.15) is 5.69 Å². The number of aromatic hydroxyl groups is 1. The minimum Gasteiger partial charge on any atom is -0.501 e. The molecule has 0 aliphatic heterocycles. The van der Waals surface area contributed by atoms with E-state index >= 15 is 0 Å². The normalized spacial score (nSPS) is 9.55. The third-order valence-electron chi connectivity index (χ3n) is 1.20. The van der Waals surface area contributed by atoms with Crippen LogP contribution in [-0.2, 0) is 0 Å². The van der Waals surface area contributed by atoms with Gasteiger partial charge in [-0.25, -0.2) is 0 Å². The molecule has 1 aromatic rings. The van der Waals surface area contributed by atoms with Gasteiger partial charge < -0.3 is 5.11 Å². The van der Waals surface area contributed by atoms with Crippen LogP contribution in [0.15, 0.2) is 12.3 Å². The van der Waals surface area contributed by atoms with Crippen molar-refractivity contribution in [2.75, 3.05) is 0 Å². The monoisotopic (exact) mass is 154 g/mol. The Labute approximate surface area is 62.5 Å². The van der Waals surface area contributed by atoms with Gasteiger partial charge in [-0.2, -0.15) is 0 Å². The van der Waals surface area contributed by atoms with Crippen LogP contribution in [0, 0.1) is 17.0 Å². The van der Waals surface area contributed by atoms with Crippen LogP contribution in [-0.4, -0.2) is 15.0 Å². The molecule has 58 valence electrons. The SMILES string of the molecule is Cc1cc([N+](=O)[O-])c(O)cn1. The molecule has 1 heterocycles. The number of hydrogen-bond donors (Lipinski definition) is 1. The summed E-state index contributed by atoms with van der Waals surface area (Å²) in [7, 11) is 0. The Bertz CT molecular complexity index is 298. The third-order valence-corrected chi connectivity index (χ3v) is 1.20. The van der Waals surface area contributed by atoms with E-state index in [4.69, 9.17) is 5.11 Å². The zero-order valence-corrected chi connectivity index (χ0v) is 5.81. The number of rotatable bonds is 1. The zero-order chi connectivity index (χ0) is 8.43. The molecule has 0 spiro atoms. The molecule has 11 heavy (non-hydrogen) atoms. The van der Waals surface area contributed by atoms with E-state index in [1.54, 1.807) is 6.92 Å². The molecule has 0 aromatic carbocycles. The fourth-order valence-corrected chi connectivity index (χ4v) is 0.684. The largest absolute Gasteiger partial charge is 0.501 e. The second-order valence-electron chi connectivity index (χ2n) is 2.07. The predicted molar refractivity (Wildman–Crippen MR) is 37.3 cm³/mol. The van der Waals surface area contributed by atoms with Gasteiger partial charge in [-0.3, -0.25) is 15.1 Å². The van der Waals surface area contributed by atoms with Gasteiger partial charge in [-0.1, -0.05) is 0 Å². The van der Waals surface area contributed by atoms with Crippen LogP contribution in [0.2, 0.25) is 0 Å². The first kappa shape index (κ1) is 7.46. The lowest BCUT2D eigenvalue weighted by molar-refractivity contribution is -0.386. The number of aromatic nitrogens is 1. The maximum Gasteiger partial charge on any atom is 0.314 e. The summed E-state index contributed by atoms with van der Waals surface area (Å²) >= 11 is 0. The lowest BCUT2D eigenvalue weighted by atomic mass is 10.3. The maximum atomic E-state index is 10.2. The van der Waals surface area contributed by atoms with Gasteiger partial charge in [0.25, 0.3) is 0 Å². The summed E-state index contributed by atoms with van der Waals surface area (Å²) in [5.74, 6) is -0.402. The van der Waals surface area contributed by atoms with E-state index in [-0.39, 0.29) is 5.69 Å². The maximum absolute atomic E-state index is 10.2. The van der Waals surface area contributed by atoms with Crippen molar-refractivity contribution in [1.29, 1.82) is 0 Å². The molecule has 0 saturated carbocycles. The van der Waals surface area contributed by atoms with Gasteiger partial charge in [0.1, 0.15) is 0 Å². The molecule has 0 atom stereocenters. The van der Waals surface area contributed by atoms with E-state index in [1.807, 2.05) is 0 Å². The molecular formula is C6H6N2O3. The average molecular weight is 154 g/mol. The van der Waals surface area contributed by atoms with E-state index in [9.17, 15) is 10.1 Å². The van der Waals surface area contributed by atoms with Gasteiger partial charge in [0.15, 0.2) is 0 Å². The van der Waals surface area contributed by atoms with Crippen LogP contribution in [0.4, 0.5) is 5.69 Å². The van der Waals surface area contributed by atoms with Crippen LogP contribution >= 0.6 is 0 Å². The summed E-state index contributed by atoms with van der Waals surface area (Å²) in [5, 5.41) is 19.1. The van der Waals surface area contributed by atoms with Gasteiger partial charge in [-0.15, -0.1) is 0 Å². The Morgan fingerprint density at radius 2 is 2.36 bits per heavy atom. The minimum absolute atomic E-state index is 0.308. The molecular weight excluding hydrogens is 148 g/mol. The summed E-state index contributed by atoms with van der Waals surface area (Å²) in [6, 6.07) is 1.22. The molecule has 1 aromatic heterocycles. The van der Waals surface area contributed by atoms with Crippen molar-refractivity contribution in [3.8, 4) is 5.75 Å². The topological polar surface area (TPSA) is 76.3 Å². The highest BCUT2D eigenvalue weighted by Crippen LogP contribution is 2.23. The highest BCUT2D eigenvalue weighted by Gasteiger charge is 2.12. The molecule has 1 rings (SSSR count). The molecule has 0 radical (unpaired) electrons. The van der Waals surface area contributed by atoms with Crippen molar-refractivity contribution in [3.05, 3.63) is 28.1 Å². The van der Waals surface area contributed by atoms with Crippen molar-refractivity contribution < 1.29 is 10.0 Å². The fourth-order valence-electron chi connectivity index (χ4n) is 0.684. The van der Waals surface area contributed by atoms with Gasteiger partial charge >= 0.3 is 5.69 Å². The molecule has 1 N–H and O–H groups in total. The average Bonchev–Trinajstić information content (AvgIpc) is 1.94. The van der Waals surface area contributed by atoms with Crippen molar-refractivity contribution in [1.82, 2.24) is 4.98 Å². The Balaban J connectivity index is 3.23. The first-order valence-electron chi connectivity index (χ1n) is 2.91. The van der Waals surface area contributed by atoms with E-state index < -0.39 is 10.7 Å². The molecule has 5 nitrogen and oxygen atoms in total. The van der Waals surface area contributed by atoms with Crippen molar-refractivity contribution in [3.63, 3.8) is 0 Å². The first-order chi connectivity index (χ1) is 5.11. The lowest BCUT2D eigenvalue weighted by Crippen LogP contribution is -1.90. The van der Waals surface area contributed by atoms with Gasteiger partial charge in [-0.05, 0) is 6.92 Å². The number of aryl methyl sites for hydroxylation is 1. The molecule has 5 heteroatoms. The highest BCUT2D eigenvalue weighted by atomic mass is 16.6. The van der Waals surface area contributed by atoms with E-state index in [0.717, 1.165) is 6.20 Å². The molecule has 0 saturated heterocycles.